The molecule has 0 bridgehead atoms. The third-order valence-electron chi connectivity index (χ3n) is 2.93. The topological polar surface area (TPSA) is 59.4 Å². The van der Waals surface area contributed by atoms with Crippen molar-refractivity contribution in [3.05, 3.63) is 18.0 Å². The number of nitrogens with one attached hydrogen (secondary N) is 1. The fourth-order valence-corrected chi connectivity index (χ4v) is 1.93. The zero-order chi connectivity index (χ0) is 12.8. The molecule has 0 radical (unpaired) electrons. The number of aromatic nitrogens is 2. The van der Waals surface area contributed by atoms with Crippen LogP contribution in [0.15, 0.2) is 12.3 Å². The Balaban J connectivity index is 1.62. The highest BCUT2D eigenvalue weighted by molar-refractivity contribution is 5.75. The van der Waals surface area contributed by atoms with Crippen LogP contribution in [-0.4, -0.2) is 60.0 Å². The number of morpholine rings is 1. The molecule has 1 fully saturated rings. The van der Waals surface area contributed by atoms with E-state index < -0.39 is 0 Å². The van der Waals surface area contributed by atoms with E-state index in [2.05, 4.69) is 15.3 Å². The van der Waals surface area contributed by atoms with Gasteiger partial charge in [0, 0.05) is 32.4 Å². The van der Waals surface area contributed by atoms with Gasteiger partial charge in [-0.2, -0.15) is 5.10 Å². The molecule has 1 aromatic rings. The highest BCUT2D eigenvalue weighted by Gasteiger charge is 2.10. The maximum atomic E-state index is 11.6. The molecule has 1 aliphatic rings. The monoisotopic (exact) mass is 252 g/mol. The zero-order valence-electron chi connectivity index (χ0n) is 10.8. The van der Waals surface area contributed by atoms with Gasteiger partial charge in [-0.1, -0.05) is 0 Å². The molecule has 1 amide bonds. The second kappa shape index (κ2) is 6.51. The Hall–Kier alpha value is -1.40. The Labute approximate surface area is 107 Å². The van der Waals surface area contributed by atoms with E-state index in [0.29, 0.717) is 6.54 Å². The molecule has 1 aliphatic heterocycles. The van der Waals surface area contributed by atoms with E-state index in [-0.39, 0.29) is 12.5 Å². The lowest BCUT2D eigenvalue weighted by Gasteiger charge is -2.26. The van der Waals surface area contributed by atoms with E-state index in [1.165, 1.54) is 0 Å². The van der Waals surface area contributed by atoms with Crippen molar-refractivity contribution in [3.8, 4) is 0 Å². The predicted octanol–water partition coefficient (Wildman–Crippen LogP) is -0.360. The Morgan fingerprint density at radius 1 is 1.50 bits per heavy atom. The highest BCUT2D eigenvalue weighted by atomic mass is 16.5. The largest absolute Gasteiger partial charge is 0.379 e. The van der Waals surface area contributed by atoms with Crippen LogP contribution >= 0.6 is 0 Å². The number of carbonyl (C=O) groups is 1. The molecule has 6 heteroatoms. The number of hydrogen-bond donors (Lipinski definition) is 1. The average Bonchev–Trinajstić information content (AvgIpc) is 2.76. The van der Waals surface area contributed by atoms with Crippen LogP contribution in [0.4, 0.5) is 0 Å². The predicted molar refractivity (Wildman–Crippen MR) is 67.2 cm³/mol. The molecule has 0 unspecified atom stereocenters. The molecule has 0 aliphatic carbocycles. The number of amides is 1. The van der Waals surface area contributed by atoms with Gasteiger partial charge >= 0.3 is 0 Å². The number of rotatable bonds is 5. The molecule has 0 atom stereocenters. The highest BCUT2D eigenvalue weighted by Crippen LogP contribution is 1.95. The van der Waals surface area contributed by atoms with E-state index in [9.17, 15) is 4.79 Å². The first-order chi connectivity index (χ1) is 8.74. The van der Waals surface area contributed by atoms with E-state index in [4.69, 9.17) is 4.74 Å². The summed E-state index contributed by atoms with van der Waals surface area (Å²) in [4.78, 5) is 13.9. The van der Waals surface area contributed by atoms with Crippen molar-refractivity contribution in [1.29, 1.82) is 0 Å². The summed E-state index contributed by atoms with van der Waals surface area (Å²) in [6.45, 7) is 7.25. The summed E-state index contributed by atoms with van der Waals surface area (Å²) in [6, 6.07) is 1.89. The van der Waals surface area contributed by atoms with Crippen molar-refractivity contribution in [2.24, 2.45) is 0 Å². The second-order valence-corrected chi connectivity index (χ2v) is 4.46. The molecular formula is C12H20N4O2. The van der Waals surface area contributed by atoms with Crippen LogP contribution in [0.2, 0.25) is 0 Å². The van der Waals surface area contributed by atoms with Crippen molar-refractivity contribution in [3.63, 3.8) is 0 Å². The lowest BCUT2D eigenvalue weighted by molar-refractivity contribution is -0.121. The molecule has 1 aromatic heterocycles. The van der Waals surface area contributed by atoms with Gasteiger partial charge in [-0.3, -0.25) is 14.4 Å². The fourth-order valence-electron chi connectivity index (χ4n) is 1.93. The van der Waals surface area contributed by atoms with Gasteiger partial charge in [0.05, 0.1) is 18.9 Å². The van der Waals surface area contributed by atoms with Crippen molar-refractivity contribution < 1.29 is 9.53 Å². The van der Waals surface area contributed by atoms with Crippen LogP contribution in [0.25, 0.3) is 0 Å². The molecule has 1 saturated heterocycles. The van der Waals surface area contributed by atoms with Gasteiger partial charge in [0.15, 0.2) is 0 Å². The fraction of sp³-hybridized carbons (Fsp3) is 0.667. The third-order valence-corrected chi connectivity index (χ3v) is 2.93. The minimum atomic E-state index is 0.00589. The number of hydrogen-bond acceptors (Lipinski definition) is 4. The number of aryl methyl sites for hydroxylation is 1. The number of carbonyl (C=O) groups excluding carboxylic acids is 1. The molecule has 2 heterocycles. The summed E-state index contributed by atoms with van der Waals surface area (Å²) < 4.78 is 6.92. The van der Waals surface area contributed by atoms with Crippen molar-refractivity contribution in [2.75, 3.05) is 39.4 Å². The first-order valence-electron chi connectivity index (χ1n) is 6.31. The van der Waals surface area contributed by atoms with Crippen LogP contribution in [0.5, 0.6) is 0 Å². The summed E-state index contributed by atoms with van der Waals surface area (Å²) in [5.74, 6) is 0.00589. The summed E-state index contributed by atoms with van der Waals surface area (Å²) >= 11 is 0. The standard InChI is InChI=1S/C12H20N4O2/c1-11-2-4-16(14-11)10-12(17)13-3-5-15-6-8-18-9-7-15/h2,4H,3,5-10H2,1H3,(H,13,17). The quantitative estimate of drug-likeness (QED) is 0.777. The van der Waals surface area contributed by atoms with Crippen molar-refractivity contribution in [2.45, 2.75) is 13.5 Å². The van der Waals surface area contributed by atoms with Crippen LogP contribution in [-0.2, 0) is 16.1 Å². The molecule has 18 heavy (non-hydrogen) atoms. The molecule has 1 N–H and O–H groups in total. The molecular weight excluding hydrogens is 232 g/mol. The van der Waals surface area contributed by atoms with Gasteiger partial charge in [-0.15, -0.1) is 0 Å². The SMILES string of the molecule is Cc1ccn(CC(=O)NCCN2CCOCC2)n1. The molecule has 2 rings (SSSR count). The maximum Gasteiger partial charge on any atom is 0.241 e. The lowest BCUT2D eigenvalue weighted by atomic mass is 10.4. The van der Waals surface area contributed by atoms with Crippen LogP contribution < -0.4 is 5.32 Å². The third kappa shape index (κ3) is 4.12. The zero-order valence-corrected chi connectivity index (χ0v) is 10.8. The lowest BCUT2D eigenvalue weighted by Crippen LogP contribution is -2.41. The Morgan fingerprint density at radius 3 is 2.94 bits per heavy atom. The van der Waals surface area contributed by atoms with Crippen LogP contribution in [0, 0.1) is 6.92 Å². The first kappa shape index (κ1) is 13.0. The maximum absolute atomic E-state index is 11.6. The Bertz CT molecular complexity index is 385. The van der Waals surface area contributed by atoms with E-state index in [0.717, 1.165) is 38.5 Å². The average molecular weight is 252 g/mol. The smallest absolute Gasteiger partial charge is 0.241 e. The molecule has 100 valence electrons. The molecule has 0 saturated carbocycles. The summed E-state index contributed by atoms with van der Waals surface area (Å²) in [5.41, 5.74) is 0.927. The van der Waals surface area contributed by atoms with Crippen molar-refractivity contribution in [1.82, 2.24) is 20.0 Å². The summed E-state index contributed by atoms with van der Waals surface area (Å²) in [5, 5.41) is 7.08. The van der Waals surface area contributed by atoms with Gasteiger partial charge < -0.3 is 10.1 Å². The summed E-state index contributed by atoms with van der Waals surface area (Å²) in [6.07, 6.45) is 1.82. The minimum absolute atomic E-state index is 0.00589. The first-order valence-corrected chi connectivity index (χ1v) is 6.31. The van der Waals surface area contributed by atoms with Gasteiger partial charge in [-0.05, 0) is 13.0 Å². The van der Waals surface area contributed by atoms with E-state index >= 15 is 0 Å². The summed E-state index contributed by atoms with van der Waals surface area (Å²) in [7, 11) is 0. The van der Waals surface area contributed by atoms with E-state index in [1.54, 1.807) is 4.68 Å². The molecule has 0 aromatic carbocycles. The molecule has 0 spiro atoms. The van der Waals surface area contributed by atoms with Crippen molar-refractivity contribution >= 4 is 5.91 Å². The molecule has 6 nitrogen and oxygen atoms in total. The Kier molecular flexibility index (Phi) is 4.72. The minimum Gasteiger partial charge on any atom is -0.379 e. The van der Waals surface area contributed by atoms with Gasteiger partial charge in [0.1, 0.15) is 6.54 Å². The number of nitrogens with zero attached hydrogens (tertiary/aromatic N) is 3. The van der Waals surface area contributed by atoms with Crippen LogP contribution in [0.1, 0.15) is 5.69 Å². The number of ether oxygens (including phenoxy) is 1. The normalized spacial score (nSPS) is 16.7. The Morgan fingerprint density at radius 2 is 2.28 bits per heavy atom. The van der Waals surface area contributed by atoms with Crippen LogP contribution in [0.3, 0.4) is 0 Å². The van der Waals surface area contributed by atoms with E-state index in [1.807, 2.05) is 19.2 Å². The van der Waals surface area contributed by atoms with Gasteiger partial charge in [0.25, 0.3) is 0 Å². The second-order valence-electron chi connectivity index (χ2n) is 4.46. The van der Waals surface area contributed by atoms with Gasteiger partial charge in [-0.25, -0.2) is 0 Å². The van der Waals surface area contributed by atoms with Gasteiger partial charge in [0.2, 0.25) is 5.91 Å².